The molecule has 0 spiro atoms. The Morgan fingerprint density at radius 2 is 2.25 bits per heavy atom. The van der Waals surface area contributed by atoms with E-state index in [1.807, 2.05) is 29.6 Å². The molecule has 1 fully saturated rings. The van der Waals surface area contributed by atoms with Crippen LogP contribution in [-0.2, 0) is 9.63 Å². The number of oxime groups is 1. The topological polar surface area (TPSA) is 71.4 Å². The minimum absolute atomic E-state index is 0.279. The number of nitrogens with zero attached hydrogens (tertiary/aromatic N) is 2. The highest BCUT2D eigenvalue weighted by Gasteiger charge is 2.25. The first-order valence-corrected chi connectivity index (χ1v) is 10.3. The number of ether oxygens (including phenoxy) is 1. The molecule has 0 radical (unpaired) electrons. The van der Waals surface area contributed by atoms with Gasteiger partial charge in [-0.1, -0.05) is 17.3 Å². The maximum atomic E-state index is 11.2. The van der Waals surface area contributed by atoms with Crippen LogP contribution in [0.3, 0.4) is 0 Å². The second-order valence-corrected chi connectivity index (χ2v) is 7.83. The third-order valence-electron chi connectivity index (χ3n) is 4.93. The average molecular weight is 403 g/mol. The Labute approximate surface area is 169 Å². The van der Waals surface area contributed by atoms with E-state index in [1.165, 1.54) is 0 Å². The monoisotopic (exact) mass is 402 g/mol. The minimum Gasteiger partial charge on any atom is -0.497 e. The summed E-state index contributed by atoms with van der Waals surface area (Å²) < 4.78 is 5.34. The first-order chi connectivity index (χ1) is 13.6. The molecule has 7 heteroatoms. The normalized spacial score (nSPS) is 18.1. The molecule has 28 heavy (non-hydrogen) atoms. The fraction of sp³-hybridized carbons (Fsp3) is 0.429. The van der Waals surface area contributed by atoms with Gasteiger partial charge < -0.3 is 14.7 Å². The van der Waals surface area contributed by atoms with Gasteiger partial charge in [0.05, 0.1) is 17.9 Å². The molecule has 1 N–H and O–H groups in total. The van der Waals surface area contributed by atoms with Gasteiger partial charge in [0.2, 0.25) is 0 Å². The molecule has 0 amide bonds. The van der Waals surface area contributed by atoms with Gasteiger partial charge in [0, 0.05) is 18.7 Å². The van der Waals surface area contributed by atoms with Crippen molar-refractivity contribution in [3.05, 3.63) is 51.7 Å². The Bertz CT molecular complexity index is 833. The number of aliphatic carboxylic acids is 1. The van der Waals surface area contributed by atoms with Crippen LogP contribution in [-0.4, -0.2) is 55.0 Å². The first kappa shape index (κ1) is 20.4. The highest BCUT2D eigenvalue weighted by molar-refractivity contribution is 7.12. The summed E-state index contributed by atoms with van der Waals surface area (Å²) in [6, 6.07) is 9.84. The molecular formula is C21H26N2O4S. The molecule has 1 aromatic carbocycles. The minimum atomic E-state index is -0.711. The summed E-state index contributed by atoms with van der Waals surface area (Å²) in [5, 5.41) is 15.7. The summed E-state index contributed by atoms with van der Waals surface area (Å²) in [4.78, 5) is 20.1. The van der Waals surface area contributed by atoms with Crippen molar-refractivity contribution in [1.82, 2.24) is 4.90 Å². The molecule has 2 heterocycles. The lowest BCUT2D eigenvalue weighted by atomic mass is 9.98. The highest BCUT2D eigenvalue weighted by Crippen LogP contribution is 2.23. The standard InChI is InChI=1S/C21H26N2O4S/c1-15-8-12-28-20(15)19(16-5-3-7-18(13-16)26-2)22-27-11-10-23-9-4-6-17(14-23)21(24)25/h3,5,7-8,12-13,17H,4,6,9-11,14H2,1-2H3,(H,24,25)/b22-19+. The smallest absolute Gasteiger partial charge is 0.307 e. The summed E-state index contributed by atoms with van der Waals surface area (Å²) >= 11 is 1.63. The van der Waals surface area contributed by atoms with E-state index in [0.29, 0.717) is 19.7 Å². The Morgan fingerprint density at radius 1 is 1.39 bits per heavy atom. The largest absolute Gasteiger partial charge is 0.497 e. The van der Waals surface area contributed by atoms with Gasteiger partial charge in [0.25, 0.3) is 0 Å². The van der Waals surface area contributed by atoms with Crippen LogP contribution in [0.25, 0.3) is 0 Å². The second-order valence-electron chi connectivity index (χ2n) is 6.92. The van der Waals surface area contributed by atoms with Crippen LogP contribution < -0.4 is 4.74 Å². The lowest BCUT2D eigenvalue weighted by Gasteiger charge is -2.29. The van der Waals surface area contributed by atoms with Gasteiger partial charge >= 0.3 is 5.97 Å². The zero-order valence-electron chi connectivity index (χ0n) is 16.3. The van der Waals surface area contributed by atoms with Crippen molar-refractivity contribution in [2.45, 2.75) is 19.8 Å². The summed E-state index contributed by atoms with van der Waals surface area (Å²) in [6.07, 6.45) is 1.66. The first-order valence-electron chi connectivity index (χ1n) is 9.42. The zero-order valence-corrected chi connectivity index (χ0v) is 17.1. The molecule has 1 aromatic heterocycles. The van der Waals surface area contributed by atoms with Crippen molar-refractivity contribution in [2.24, 2.45) is 11.1 Å². The fourth-order valence-electron chi connectivity index (χ4n) is 3.35. The van der Waals surface area contributed by atoms with E-state index in [4.69, 9.17) is 9.57 Å². The van der Waals surface area contributed by atoms with Crippen molar-refractivity contribution in [3.8, 4) is 5.75 Å². The van der Waals surface area contributed by atoms with E-state index in [-0.39, 0.29) is 5.92 Å². The molecule has 6 nitrogen and oxygen atoms in total. The molecule has 1 aliphatic heterocycles. The molecule has 1 unspecified atom stereocenters. The molecule has 0 saturated carbocycles. The maximum absolute atomic E-state index is 11.2. The molecule has 1 saturated heterocycles. The number of thiophene rings is 1. The van der Waals surface area contributed by atoms with Gasteiger partial charge in [-0.3, -0.25) is 9.69 Å². The van der Waals surface area contributed by atoms with Gasteiger partial charge in [-0.05, 0) is 55.5 Å². The van der Waals surface area contributed by atoms with Gasteiger partial charge in [0.1, 0.15) is 18.1 Å². The van der Waals surface area contributed by atoms with Crippen molar-refractivity contribution in [1.29, 1.82) is 0 Å². The zero-order chi connectivity index (χ0) is 19.9. The van der Waals surface area contributed by atoms with Crippen LogP contribution in [0.4, 0.5) is 0 Å². The third kappa shape index (κ3) is 5.11. The van der Waals surface area contributed by atoms with Gasteiger partial charge in [0.15, 0.2) is 0 Å². The van der Waals surface area contributed by atoms with Gasteiger partial charge in [-0.15, -0.1) is 11.3 Å². The van der Waals surface area contributed by atoms with Gasteiger partial charge in [-0.25, -0.2) is 0 Å². The molecule has 1 atom stereocenters. The van der Waals surface area contributed by atoms with Crippen LogP contribution in [0.5, 0.6) is 5.75 Å². The summed E-state index contributed by atoms with van der Waals surface area (Å²) in [5.74, 6) is -0.220. The number of methoxy groups -OCH3 is 1. The van der Waals surface area contributed by atoms with Crippen LogP contribution in [0.15, 0.2) is 40.9 Å². The molecule has 2 aromatic rings. The number of carboxylic acids is 1. The van der Waals surface area contributed by atoms with Crippen molar-refractivity contribution < 1.29 is 19.5 Å². The Kier molecular flexibility index (Phi) is 7.06. The van der Waals surface area contributed by atoms with Crippen LogP contribution >= 0.6 is 11.3 Å². The SMILES string of the molecule is COc1cccc(/C(=N\OCCN2CCCC(C(=O)O)C2)c2sccc2C)c1. The Hall–Kier alpha value is -2.38. The van der Waals surface area contributed by atoms with E-state index in [0.717, 1.165) is 46.9 Å². The van der Waals surface area contributed by atoms with Crippen molar-refractivity contribution in [3.63, 3.8) is 0 Å². The number of likely N-dealkylation sites (tertiary alicyclic amines) is 1. The van der Waals surface area contributed by atoms with Crippen molar-refractivity contribution in [2.75, 3.05) is 33.4 Å². The number of carboxylic acid groups (broad SMARTS) is 1. The third-order valence-corrected chi connectivity index (χ3v) is 5.95. The number of aryl methyl sites for hydroxylation is 1. The molecule has 1 aliphatic rings. The predicted octanol–water partition coefficient (Wildman–Crippen LogP) is 3.63. The van der Waals surface area contributed by atoms with E-state index < -0.39 is 5.97 Å². The van der Waals surface area contributed by atoms with E-state index in [1.54, 1.807) is 18.4 Å². The van der Waals surface area contributed by atoms with Crippen LogP contribution in [0.2, 0.25) is 0 Å². The molecule has 0 aliphatic carbocycles. The fourth-order valence-corrected chi connectivity index (χ4v) is 4.28. The summed E-state index contributed by atoms with van der Waals surface area (Å²) in [6.45, 7) is 4.63. The number of hydrogen-bond acceptors (Lipinski definition) is 6. The quantitative estimate of drug-likeness (QED) is 0.415. The maximum Gasteiger partial charge on any atom is 0.307 e. The Morgan fingerprint density at radius 3 is 2.96 bits per heavy atom. The molecule has 0 bridgehead atoms. The molecular weight excluding hydrogens is 376 g/mol. The number of hydrogen-bond donors (Lipinski definition) is 1. The molecule has 150 valence electrons. The van der Waals surface area contributed by atoms with Gasteiger partial charge in [-0.2, -0.15) is 0 Å². The van der Waals surface area contributed by atoms with Crippen LogP contribution in [0.1, 0.15) is 28.8 Å². The summed E-state index contributed by atoms with van der Waals surface area (Å²) in [7, 11) is 1.64. The highest BCUT2D eigenvalue weighted by atomic mass is 32.1. The van der Waals surface area contributed by atoms with Crippen LogP contribution in [0, 0.1) is 12.8 Å². The number of piperidine rings is 1. The lowest BCUT2D eigenvalue weighted by Crippen LogP contribution is -2.40. The Balaban J connectivity index is 1.68. The number of rotatable bonds is 8. The second kappa shape index (κ2) is 9.71. The average Bonchev–Trinajstić information content (AvgIpc) is 3.14. The lowest BCUT2D eigenvalue weighted by molar-refractivity contribution is -0.143. The van der Waals surface area contributed by atoms with E-state index in [2.05, 4.69) is 23.0 Å². The van der Waals surface area contributed by atoms with E-state index in [9.17, 15) is 9.90 Å². The number of benzene rings is 1. The van der Waals surface area contributed by atoms with E-state index >= 15 is 0 Å². The van der Waals surface area contributed by atoms with Crippen molar-refractivity contribution >= 4 is 23.0 Å². The molecule has 3 rings (SSSR count). The summed E-state index contributed by atoms with van der Waals surface area (Å²) in [5.41, 5.74) is 2.87. The number of carbonyl (C=O) groups is 1. The predicted molar refractivity (Wildman–Crippen MR) is 110 cm³/mol.